The molecular weight excluding hydrogens is 148 g/mol. The first kappa shape index (κ1) is 6.91. The van der Waals surface area contributed by atoms with Gasteiger partial charge < -0.3 is 5.73 Å². The summed E-state index contributed by atoms with van der Waals surface area (Å²) in [6.07, 6.45) is 5.06. The Hall–Kier alpha value is -1.20. The van der Waals surface area contributed by atoms with Crippen LogP contribution in [0.15, 0.2) is 12.1 Å². The molecule has 1 aromatic heterocycles. The van der Waals surface area contributed by atoms with E-state index in [2.05, 4.69) is 10.9 Å². The Morgan fingerprint density at radius 3 is 2.80 bits per heavy atom. The van der Waals surface area contributed by atoms with Gasteiger partial charge in [0.1, 0.15) is 11.5 Å². The lowest BCUT2D eigenvalue weighted by atomic mass is 10.3. The first-order valence-corrected chi connectivity index (χ1v) is 3.00. The van der Waals surface area contributed by atoms with E-state index < -0.39 is 0 Å². The van der Waals surface area contributed by atoms with E-state index in [0.29, 0.717) is 10.7 Å². The molecule has 0 bridgehead atoms. The Balaban J connectivity index is 3.20. The monoisotopic (exact) mass is 152 g/mol. The summed E-state index contributed by atoms with van der Waals surface area (Å²) < 4.78 is 0. The molecule has 1 aromatic rings. The van der Waals surface area contributed by atoms with Crippen LogP contribution in [0.2, 0.25) is 5.02 Å². The minimum atomic E-state index is 0.275. The van der Waals surface area contributed by atoms with Crippen molar-refractivity contribution in [1.29, 1.82) is 0 Å². The second-order valence-electron chi connectivity index (χ2n) is 1.71. The SMILES string of the molecule is C#Cc1ccc(Cl)c(N)n1. The van der Waals surface area contributed by atoms with E-state index in [1.807, 2.05) is 0 Å². The number of hydrogen-bond acceptors (Lipinski definition) is 2. The van der Waals surface area contributed by atoms with Crippen LogP contribution < -0.4 is 5.73 Å². The Morgan fingerprint density at radius 2 is 2.30 bits per heavy atom. The summed E-state index contributed by atoms with van der Waals surface area (Å²) in [6.45, 7) is 0. The largest absolute Gasteiger partial charge is 0.382 e. The van der Waals surface area contributed by atoms with E-state index in [9.17, 15) is 0 Å². The van der Waals surface area contributed by atoms with Gasteiger partial charge in [-0.1, -0.05) is 17.5 Å². The zero-order valence-electron chi connectivity index (χ0n) is 5.13. The maximum atomic E-state index is 5.58. The summed E-state index contributed by atoms with van der Waals surface area (Å²) in [5.41, 5.74) is 5.86. The van der Waals surface area contributed by atoms with Crippen LogP contribution in [-0.4, -0.2) is 4.98 Å². The van der Waals surface area contributed by atoms with Crippen LogP contribution in [0.1, 0.15) is 5.69 Å². The average Bonchev–Trinajstić information content (AvgIpc) is 1.95. The number of halogens is 1. The van der Waals surface area contributed by atoms with Crippen LogP contribution in [0.5, 0.6) is 0 Å². The van der Waals surface area contributed by atoms with Gasteiger partial charge in [0.2, 0.25) is 0 Å². The maximum Gasteiger partial charge on any atom is 0.143 e. The number of nitrogen functional groups attached to an aromatic ring is 1. The normalized spacial score (nSPS) is 8.80. The molecule has 0 aliphatic carbocycles. The predicted octanol–water partition coefficient (Wildman–Crippen LogP) is 1.30. The van der Waals surface area contributed by atoms with Gasteiger partial charge in [-0.15, -0.1) is 6.42 Å². The van der Waals surface area contributed by atoms with Gasteiger partial charge in [-0.25, -0.2) is 4.98 Å². The third-order valence-corrected chi connectivity index (χ3v) is 1.34. The number of hydrogen-bond donors (Lipinski definition) is 1. The Kier molecular flexibility index (Phi) is 1.79. The Bertz CT molecular complexity index is 288. The fraction of sp³-hybridized carbons (Fsp3) is 0. The third-order valence-electron chi connectivity index (χ3n) is 1.02. The molecule has 0 aliphatic rings. The molecule has 0 saturated heterocycles. The Morgan fingerprint density at radius 1 is 1.60 bits per heavy atom. The minimum absolute atomic E-state index is 0.275. The van der Waals surface area contributed by atoms with E-state index in [-0.39, 0.29) is 5.82 Å². The molecule has 50 valence electrons. The van der Waals surface area contributed by atoms with Gasteiger partial charge in [0.25, 0.3) is 0 Å². The number of rotatable bonds is 0. The van der Waals surface area contributed by atoms with E-state index in [0.717, 1.165) is 0 Å². The van der Waals surface area contributed by atoms with Gasteiger partial charge in [-0.05, 0) is 12.1 Å². The molecule has 0 radical (unpaired) electrons. The quantitative estimate of drug-likeness (QED) is 0.569. The molecule has 0 fully saturated rings. The molecule has 2 N–H and O–H groups in total. The number of nitrogens with zero attached hydrogens (tertiary/aromatic N) is 1. The van der Waals surface area contributed by atoms with Gasteiger partial charge in [0.15, 0.2) is 0 Å². The maximum absolute atomic E-state index is 5.58. The second-order valence-corrected chi connectivity index (χ2v) is 2.12. The number of aromatic nitrogens is 1. The number of anilines is 1. The van der Waals surface area contributed by atoms with Crippen LogP contribution in [-0.2, 0) is 0 Å². The highest BCUT2D eigenvalue weighted by Gasteiger charge is 1.95. The molecule has 0 saturated carbocycles. The minimum Gasteiger partial charge on any atom is -0.382 e. The van der Waals surface area contributed by atoms with E-state index in [4.69, 9.17) is 23.8 Å². The highest BCUT2D eigenvalue weighted by atomic mass is 35.5. The predicted molar refractivity (Wildman–Crippen MR) is 41.6 cm³/mol. The van der Waals surface area contributed by atoms with Crippen LogP contribution in [0.25, 0.3) is 0 Å². The number of terminal acetylenes is 1. The highest BCUT2D eigenvalue weighted by molar-refractivity contribution is 6.32. The number of nitrogens with two attached hydrogens (primary N) is 1. The average molecular weight is 153 g/mol. The summed E-state index contributed by atoms with van der Waals surface area (Å²) in [7, 11) is 0. The summed E-state index contributed by atoms with van der Waals surface area (Å²) in [5, 5.41) is 0.430. The standard InChI is InChI=1S/C7H5ClN2/c1-2-5-3-4-6(8)7(9)10-5/h1,3-4H,(H2,9,10). The molecule has 2 nitrogen and oxygen atoms in total. The van der Waals surface area contributed by atoms with Gasteiger partial charge in [-0.2, -0.15) is 0 Å². The van der Waals surface area contributed by atoms with Crippen molar-refractivity contribution < 1.29 is 0 Å². The first-order valence-electron chi connectivity index (χ1n) is 2.62. The molecule has 0 amide bonds. The van der Waals surface area contributed by atoms with Gasteiger partial charge >= 0.3 is 0 Å². The number of pyridine rings is 1. The summed E-state index contributed by atoms with van der Waals surface area (Å²) in [5.74, 6) is 2.62. The van der Waals surface area contributed by atoms with E-state index >= 15 is 0 Å². The van der Waals surface area contributed by atoms with Crippen molar-refractivity contribution in [2.75, 3.05) is 5.73 Å². The van der Waals surface area contributed by atoms with E-state index in [1.165, 1.54) is 0 Å². The lowest BCUT2D eigenvalue weighted by Crippen LogP contribution is -1.92. The zero-order valence-corrected chi connectivity index (χ0v) is 5.89. The lowest BCUT2D eigenvalue weighted by molar-refractivity contribution is 1.30. The molecular formula is C7H5ClN2. The molecule has 3 heteroatoms. The molecule has 1 rings (SSSR count). The molecule has 10 heavy (non-hydrogen) atoms. The summed E-state index contributed by atoms with van der Waals surface area (Å²) in [4.78, 5) is 3.80. The second kappa shape index (κ2) is 2.59. The molecule has 0 spiro atoms. The van der Waals surface area contributed by atoms with E-state index in [1.54, 1.807) is 12.1 Å². The van der Waals surface area contributed by atoms with Crippen molar-refractivity contribution in [2.24, 2.45) is 0 Å². The van der Waals surface area contributed by atoms with Crippen molar-refractivity contribution in [2.45, 2.75) is 0 Å². The smallest absolute Gasteiger partial charge is 0.143 e. The van der Waals surface area contributed by atoms with Gasteiger partial charge in [-0.3, -0.25) is 0 Å². The molecule has 0 atom stereocenters. The topological polar surface area (TPSA) is 38.9 Å². The molecule has 0 aliphatic heterocycles. The van der Waals surface area contributed by atoms with Crippen LogP contribution in [0.3, 0.4) is 0 Å². The van der Waals surface area contributed by atoms with Crippen LogP contribution in [0, 0.1) is 12.3 Å². The van der Waals surface area contributed by atoms with Crippen molar-refractivity contribution in [3.8, 4) is 12.3 Å². The molecule has 0 unspecified atom stereocenters. The van der Waals surface area contributed by atoms with Crippen molar-refractivity contribution >= 4 is 17.4 Å². The van der Waals surface area contributed by atoms with Crippen LogP contribution >= 0.6 is 11.6 Å². The highest BCUT2D eigenvalue weighted by Crippen LogP contribution is 2.14. The summed E-state index contributed by atoms with van der Waals surface area (Å²) >= 11 is 5.58. The lowest BCUT2D eigenvalue weighted by Gasteiger charge is -1.94. The molecule has 0 aromatic carbocycles. The van der Waals surface area contributed by atoms with Gasteiger partial charge in [0, 0.05) is 0 Å². The summed E-state index contributed by atoms with van der Waals surface area (Å²) in [6, 6.07) is 3.26. The van der Waals surface area contributed by atoms with Crippen molar-refractivity contribution in [3.63, 3.8) is 0 Å². The molecule has 1 heterocycles. The van der Waals surface area contributed by atoms with Crippen molar-refractivity contribution in [3.05, 3.63) is 22.8 Å². The fourth-order valence-corrected chi connectivity index (χ4v) is 0.644. The fourth-order valence-electron chi connectivity index (χ4n) is 0.538. The van der Waals surface area contributed by atoms with Gasteiger partial charge in [0.05, 0.1) is 5.02 Å². The third kappa shape index (κ3) is 1.20. The van der Waals surface area contributed by atoms with Crippen LogP contribution in [0.4, 0.5) is 5.82 Å². The zero-order chi connectivity index (χ0) is 7.56. The van der Waals surface area contributed by atoms with Crippen molar-refractivity contribution in [1.82, 2.24) is 4.98 Å². The first-order chi connectivity index (χ1) is 4.74. The Labute approximate surface area is 64.0 Å².